The van der Waals surface area contributed by atoms with Crippen LogP contribution in [0.2, 0.25) is 5.02 Å². The maximum atomic E-state index is 13.3. The standard InChI is InChI=1S/C24H25ClN2O4S/c1-18-3-13-23(14-4-18)32(29,30)27(21-9-7-20(25)8-10-21)17-24(28)26-16-15-19-5-11-22(31-2)12-6-19/h3-14H,15-17H2,1-2H3,(H,26,28). The molecule has 0 radical (unpaired) electrons. The number of carbonyl (C=O) groups is 1. The Balaban J connectivity index is 1.73. The summed E-state index contributed by atoms with van der Waals surface area (Å²) in [6.45, 7) is 1.91. The van der Waals surface area contributed by atoms with Crippen molar-refractivity contribution in [1.29, 1.82) is 0 Å². The fourth-order valence-corrected chi connectivity index (χ4v) is 4.63. The number of hydrogen-bond acceptors (Lipinski definition) is 4. The van der Waals surface area contributed by atoms with Crippen molar-refractivity contribution in [3.63, 3.8) is 0 Å². The van der Waals surface area contributed by atoms with Crippen molar-refractivity contribution < 1.29 is 17.9 Å². The molecule has 1 amide bonds. The lowest BCUT2D eigenvalue weighted by molar-refractivity contribution is -0.119. The number of rotatable bonds is 9. The van der Waals surface area contributed by atoms with Gasteiger partial charge in [0.15, 0.2) is 0 Å². The van der Waals surface area contributed by atoms with Gasteiger partial charge in [-0.15, -0.1) is 0 Å². The Morgan fingerprint density at radius 2 is 1.59 bits per heavy atom. The van der Waals surface area contributed by atoms with Gasteiger partial charge in [-0.2, -0.15) is 0 Å². The molecule has 168 valence electrons. The van der Waals surface area contributed by atoms with Crippen LogP contribution in [0.5, 0.6) is 5.75 Å². The molecule has 0 spiro atoms. The van der Waals surface area contributed by atoms with Crippen LogP contribution in [-0.4, -0.2) is 34.5 Å². The van der Waals surface area contributed by atoms with Crippen molar-refractivity contribution in [3.8, 4) is 5.75 Å². The van der Waals surface area contributed by atoms with Crippen LogP contribution in [-0.2, 0) is 21.2 Å². The van der Waals surface area contributed by atoms with Gasteiger partial charge in [0.2, 0.25) is 5.91 Å². The lowest BCUT2D eigenvalue weighted by Crippen LogP contribution is -2.41. The van der Waals surface area contributed by atoms with Gasteiger partial charge in [0.25, 0.3) is 10.0 Å². The monoisotopic (exact) mass is 472 g/mol. The van der Waals surface area contributed by atoms with E-state index in [1.54, 1.807) is 43.5 Å². The summed E-state index contributed by atoms with van der Waals surface area (Å²) in [6.07, 6.45) is 0.612. The third-order valence-corrected chi connectivity index (χ3v) is 6.95. The maximum absolute atomic E-state index is 13.3. The molecule has 0 aliphatic rings. The van der Waals surface area contributed by atoms with Gasteiger partial charge in [-0.1, -0.05) is 41.4 Å². The highest BCUT2D eigenvalue weighted by atomic mass is 35.5. The van der Waals surface area contributed by atoms with Crippen molar-refractivity contribution in [2.24, 2.45) is 0 Å². The van der Waals surface area contributed by atoms with E-state index in [0.717, 1.165) is 21.2 Å². The number of nitrogens with one attached hydrogen (secondary N) is 1. The molecule has 32 heavy (non-hydrogen) atoms. The van der Waals surface area contributed by atoms with Crippen LogP contribution < -0.4 is 14.4 Å². The van der Waals surface area contributed by atoms with E-state index in [9.17, 15) is 13.2 Å². The first-order valence-corrected chi connectivity index (χ1v) is 11.9. The zero-order valence-corrected chi connectivity index (χ0v) is 19.5. The Labute approximate surface area is 193 Å². The number of sulfonamides is 1. The molecule has 3 aromatic carbocycles. The van der Waals surface area contributed by atoms with E-state index in [4.69, 9.17) is 16.3 Å². The summed E-state index contributed by atoms with van der Waals surface area (Å²) >= 11 is 5.96. The number of halogens is 1. The van der Waals surface area contributed by atoms with E-state index in [0.29, 0.717) is 23.7 Å². The quantitative estimate of drug-likeness (QED) is 0.506. The Morgan fingerprint density at radius 1 is 0.969 bits per heavy atom. The van der Waals surface area contributed by atoms with Gasteiger partial charge in [0.05, 0.1) is 17.7 Å². The summed E-state index contributed by atoms with van der Waals surface area (Å²) in [5.41, 5.74) is 2.34. The van der Waals surface area contributed by atoms with Crippen molar-refractivity contribution in [2.75, 3.05) is 24.5 Å². The Kier molecular flexibility index (Phi) is 7.77. The molecule has 3 aromatic rings. The minimum absolute atomic E-state index is 0.115. The highest BCUT2D eigenvalue weighted by Gasteiger charge is 2.27. The molecule has 6 nitrogen and oxygen atoms in total. The molecule has 3 rings (SSSR count). The molecule has 0 saturated carbocycles. The van der Waals surface area contributed by atoms with Crippen molar-refractivity contribution in [2.45, 2.75) is 18.2 Å². The van der Waals surface area contributed by atoms with Crippen LogP contribution >= 0.6 is 11.6 Å². The average Bonchev–Trinajstić information content (AvgIpc) is 2.79. The third kappa shape index (κ3) is 6.02. The molecule has 0 aliphatic heterocycles. The Hall–Kier alpha value is -3.03. The van der Waals surface area contributed by atoms with Gasteiger partial charge in [0, 0.05) is 11.6 Å². The highest BCUT2D eigenvalue weighted by Crippen LogP contribution is 2.25. The van der Waals surface area contributed by atoms with Crippen LogP contribution in [0, 0.1) is 6.92 Å². The number of benzene rings is 3. The average molecular weight is 473 g/mol. The second-order valence-corrected chi connectivity index (χ2v) is 9.55. The summed E-state index contributed by atoms with van der Waals surface area (Å²) in [4.78, 5) is 12.8. The topological polar surface area (TPSA) is 75.7 Å². The second kappa shape index (κ2) is 10.5. The second-order valence-electron chi connectivity index (χ2n) is 7.25. The van der Waals surface area contributed by atoms with Gasteiger partial charge < -0.3 is 10.1 Å². The number of methoxy groups -OCH3 is 1. The number of ether oxygens (including phenoxy) is 1. The SMILES string of the molecule is COc1ccc(CCNC(=O)CN(c2ccc(Cl)cc2)S(=O)(=O)c2ccc(C)cc2)cc1. The molecule has 0 bridgehead atoms. The van der Waals surface area contributed by atoms with Crippen LogP contribution in [0.15, 0.2) is 77.7 Å². The van der Waals surface area contributed by atoms with E-state index in [1.165, 1.54) is 12.1 Å². The molecule has 0 fully saturated rings. The smallest absolute Gasteiger partial charge is 0.264 e. The molecule has 0 atom stereocenters. The van der Waals surface area contributed by atoms with Gasteiger partial charge >= 0.3 is 0 Å². The first-order valence-electron chi connectivity index (χ1n) is 10.0. The molecular formula is C24H25ClN2O4S. The molecule has 0 heterocycles. The number of amides is 1. The lowest BCUT2D eigenvalue weighted by Gasteiger charge is -2.24. The number of anilines is 1. The number of nitrogens with zero attached hydrogens (tertiary/aromatic N) is 1. The van der Waals surface area contributed by atoms with Crippen LogP contribution in [0.3, 0.4) is 0 Å². The summed E-state index contributed by atoms with van der Waals surface area (Å²) in [7, 11) is -2.34. The zero-order chi connectivity index (χ0) is 23.1. The summed E-state index contributed by atoms with van der Waals surface area (Å²) in [5.74, 6) is 0.363. The van der Waals surface area contributed by atoms with E-state index in [2.05, 4.69) is 5.32 Å². The summed E-state index contributed by atoms with van der Waals surface area (Å²) in [5, 5.41) is 3.28. The van der Waals surface area contributed by atoms with Gasteiger partial charge in [-0.25, -0.2) is 8.42 Å². The van der Waals surface area contributed by atoms with Crippen LogP contribution in [0.4, 0.5) is 5.69 Å². The van der Waals surface area contributed by atoms with E-state index in [1.807, 2.05) is 31.2 Å². The normalized spacial score (nSPS) is 11.1. The summed E-state index contributed by atoms with van der Waals surface area (Å²) < 4.78 is 32.9. The molecule has 8 heteroatoms. The molecule has 0 saturated heterocycles. The molecule has 1 N–H and O–H groups in total. The van der Waals surface area contributed by atoms with E-state index < -0.39 is 15.9 Å². The fraction of sp³-hybridized carbons (Fsp3) is 0.208. The number of hydrogen-bond donors (Lipinski definition) is 1. The largest absolute Gasteiger partial charge is 0.497 e. The predicted molar refractivity (Wildman–Crippen MR) is 127 cm³/mol. The van der Waals surface area contributed by atoms with Crippen LogP contribution in [0.1, 0.15) is 11.1 Å². The predicted octanol–water partition coefficient (Wildman–Crippen LogP) is 4.21. The molecule has 0 aliphatic carbocycles. The van der Waals surface area contributed by atoms with Crippen molar-refractivity contribution in [3.05, 3.63) is 88.9 Å². The Bertz CT molecular complexity index is 1150. The lowest BCUT2D eigenvalue weighted by atomic mass is 10.1. The van der Waals surface area contributed by atoms with Gasteiger partial charge in [-0.3, -0.25) is 9.10 Å². The van der Waals surface area contributed by atoms with Gasteiger partial charge in [0.1, 0.15) is 12.3 Å². The maximum Gasteiger partial charge on any atom is 0.264 e. The summed E-state index contributed by atoms with van der Waals surface area (Å²) in [6, 6.07) is 20.4. The van der Waals surface area contributed by atoms with E-state index >= 15 is 0 Å². The minimum Gasteiger partial charge on any atom is -0.497 e. The minimum atomic E-state index is -3.95. The van der Waals surface area contributed by atoms with Gasteiger partial charge in [-0.05, 0) is 67.4 Å². The molecular weight excluding hydrogens is 448 g/mol. The zero-order valence-electron chi connectivity index (χ0n) is 17.9. The van der Waals surface area contributed by atoms with Crippen molar-refractivity contribution >= 4 is 33.2 Å². The first-order chi connectivity index (χ1) is 15.3. The van der Waals surface area contributed by atoms with Crippen LogP contribution in [0.25, 0.3) is 0 Å². The molecule has 0 aromatic heterocycles. The number of carbonyl (C=O) groups excluding carboxylic acids is 1. The number of aryl methyl sites for hydroxylation is 1. The Morgan fingerprint density at radius 3 is 2.19 bits per heavy atom. The van der Waals surface area contributed by atoms with E-state index in [-0.39, 0.29) is 11.4 Å². The third-order valence-electron chi connectivity index (χ3n) is 4.91. The first kappa shape index (κ1) is 23.6. The highest BCUT2D eigenvalue weighted by molar-refractivity contribution is 7.92. The molecule has 0 unspecified atom stereocenters. The fourth-order valence-electron chi connectivity index (χ4n) is 3.08. The van der Waals surface area contributed by atoms with Crippen molar-refractivity contribution in [1.82, 2.24) is 5.32 Å².